The van der Waals surface area contributed by atoms with E-state index < -0.39 is 23.8 Å². The van der Waals surface area contributed by atoms with Gasteiger partial charge in [-0.3, -0.25) is 29.8 Å². The predicted molar refractivity (Wildman–Crippen MR) is 105 cm³/mol. The summed E-state index contributed by atoms with van der Waals surface area (Å²) in [5, 5.41) is 10.3. The van der Waals surface area contributed by atoms with Crippen molar-refractivity contribution in [3.63, 3.8) is 0 Å². The van der Waals surface area contributed by atoms with Crippen molar-refractivity contribution in [3.8, 4) is 0 Å². The van der Waals surface area contributed by atoms with Gasteiger partial charge < -0.3 is 15.5 Å². The minimum atomic E-state index is -0.891. The Morgan fingerprint density at radius 1 is 1.25 bits per heavy atom. The molecule has 2 aliphatic heterocycles. The average molecular weight is 422 g/mol. The van der Waals surface area contributed by atoms with Crippen molar-refractivity contribution in [2.75, 3.05) is 18.4 Å². The van der Waals surface area contributed by atoms with Crippen LogP contribution in [0.1, 0.15) is 6.42 Å². The summed E-state index contributed by atoms with van der Waals surface area (Å²) < 4.78 is 0. The van der Waals surface area contributed by atoms with Gasteiger partial charge in [0.15, 0.2) is 5.11 Å². The van der Waals surface area contributed by atoms with Crippen LogP contribution in [0, 0.1) is 0 Å². The fourth-order valence-corrected chi connectivity index (χ4v) is 3.16. The highest BCUT2D eigenvalue weighted by Crippen LogP contribution is 2.21. The number of piperazine rings is 1. The molecular weight excluding hydrogens is 406 g/mol. The van der Waals surface area contributed by atoms with Crippen molar-refractivity contribution in [2.45, 2.75) is 12.5 Å². The first-order valence-corrected chi connectivity index (χ1v) is 9.10. The molecule has 146 valence electrons. The normalized spacial score (nSPS) is 19.5. The van der Waals surface area contributed by atoms with Gasteiger partial charge in [-0.25, -0.2) is 0 Å². The minimum absolute atomic E-state index is 0.0841. The molecule has 2 saturated heterocycles. The van der Waals surface area contributed by atoms with E-state index in [2.05, 4.69) is 21.3 Å². The molecule has 0 aliphatic carbocycles. The van der Waals surface area contributed by atoms with Crippen LogP contribution >= 0.6 is 23.8 Å². The second-order valence-corrected chi connectivity index (χ2v) is 6.87. The number of nitrogens with one attached hydrogen (secondary N) is 4. The van der Waals surface area contributed by atoms with E-state index in [0.29, 0.717) is 23.8 Å². The number of amides is 4. The van der Waals surface area contributed by atoms with E-state index in [1.54, 1.807) is 24.3 Å². The molecule has 28 heavy (non-hydrogen) atoms. The molecule has 2 aliphatic rings. The third-order valence-corrected chi connectivity index (χ3v) is 4.67. The van der Waals surface area contributed by atoms with Gasteiger partial charge in [-0.15, -0.1) is 0 Å². The molecule has 1 unspecified atom stereocenters. The van der Waals surface area contributed by atoms with E-state index in [9.17, 15) is 19.2 Å². The molecule has 1 aromatic rings. The molecule has 0 spiro atoms. The molecule has 1 atom stereocenters. The number of rotatable bonds is 4. The van der Waals surface area contributed by atoms with Crippen molar-refractivity contribution < 1.29 is 19.2 Å². The van der Waals surface area contributed by atoms with Crippen molar-refractivity contribution in [3.05, 3.63) is 41.1 Å². The van der Waals surface area contributed by atoms with Gasteiger partial charge >= 0.3 is 0 Å². The van der Waals surface area contributed by atoms with Crippen LogP contribution in [0.15, 0.2) is 36.0 Å². The van der Waals surface area contributed by atoms with Gasteiger partial charge in [0.25, 0.3) is 11.8 Å². The summed E-state index contributed by atoms with van der Waals surface area (Å²) in [6.07, 6.45) is 1.08. The number of anilines is 1. The second kappa shape index (κ2) is 8.36. The van der Waals surface area contributed by atoms with Crippen LogP contribution in [0.25, 0.3) is 0 Å². The Labute approximate surface area is 170 Å². The van der Waals surface area contributed by atoms with Crippen LogP contribution in [0.4, 0.5) is 5.69 Å². The van der Waals surface area contributed by atoms with Crippen molar-refractivity contribution in [1.82, 2.24) is 20.9 Å². The molecule has 2 heterocycles. The lowest BCUT2D eigenvalue weighted by Gasteiger charge is -2.34. The van der Waals surface area contributed by atoms with E-state index in [-0.39, 0.29) is 23.0 Å². The zero-order valence-corrected chi connectivity index (χ0v) is 16.0. The molecule has 1 aromatic carbocycles. The quantitative estimate of drug-likeness (QED) is 0.306. The van der Waals surface area contributed by atoms with Gasteiger partial charge in [0.05, 0.1) is 17.1 Å². The minimum Gasteiger partial charge on any atom is -0.362 e. The number of carbonyl (C=O) groups excluding carboxylic acids is 4. The third kappa shape index (κ3) is 4.46. The molecule has 0 aromatic heterocycles. The number of benzene rings is 1. The zero-order valence-electron chi connectivity index (χ0n) is 14.5. The second-order valence-electron chi connectivity index (χ2n) is 6.06. The lowest BCUT2D eigenvalue weighted by Crippen LogP contribution is -2.56. The van der Waals surface area contributed by atoms with E-state index in [0.717, 1.165) is 0 Å². The van der Waals surface area contributed by atoms with Crippen LogP contribution < -0.4 is 21.3 Å². The first kappa shape index (κ1) is 19.8. The molecule has 2 fully saturated rings. The number of carbonyl (C=O) groups is 4. The highest BCUT2D eigenvalue weighted by molar-refractivity contribution is 7.80. The van der Waals surface area contributed by atoms with E-state index in [4.69, 9.17) is 23.8 Å². The van der Waals surface area contributed by atoms with Gasteiger partial charge in [0.1, 0.15) is 11.6 Å². The topological polar surface area (TPSA) is 120 Å². The summed E-state index contributed by atoms with van der Waals surface area (Å²) in [6.45, 7) is 0.636. The van der Waals surface area contributed by atoms with Crippen molar-refractivity contribution >= 4 is 58.2 Å². The van der Waals surface area contributed by atoms with Gasteiger partial charge in [-0.05, 0) is 24.4 Å². The molecule has 4 N–H and O–H groups in total. The lowest BCUT2D eigenvalue weighted by atomic mass is 10.1. The van der Waals surface area contributed by atoms with Gasteiger partial charge in [-0.2, -0.15) is 0 Å². The van der Waals surface area contributed by atoms with Crippen LogP contribution in [0.3, 0.4) is 0 Å². The van der Waals surface area contributed by atoms with Crippen molar-refractivity contribution in [1.29, 1.82) is 0 Å². The highest BCUT2D eigenvalue weighted by atomic mass is 35.5. The number of para-hydroxylation sites is 1. The van der Waals surface area contributed by atoms with E-state index in [1.807, 2.05) is 0 Å². The van der Waals surface area contributed by atoms with Gasteiger partial charge in [0.2, 0.25) is 11.8 Å². The Morgan fingerprint density at radius 2 is 1.93 bits per heavy atom. The summed E-state index contributed by atoms with van der Waals surface area (Å²) in [5.41, 5.74) is 0.231. The number of hydrogen-bond donors (Lipinski definition) is 4. The highest BCUT2D eigenvalue weighted by Gasteiger charge is 2.33. The Bertz CT molecular complexity index is 881. The fraction of sp³-hybridized carbons (Fsp3) is 0.235. The largest absolute Gasteiger partial charge is 0.362 e. The smallest absolute Gasteiger partial charge is 0.264 e. The predicted octanol–water partition coefficient (Wildman–Crippen LogP) is -0.116. The van der Waals surface area contributed by atoms with Gasteiger partial charge in [0, 0.05) is 19.3 Å². The lowest BCUT2D eigenvalue weighted by molar-refractivity contribution is -0.131. The fourth-order valence-electron chi connectivity index (χ4n) is 2.79. The molecule has 9 nitrogen and oxygen atoms in total. The first-order chi connectivity index (χ1) is 13.3. The Hall–Kier alpha value is -2.98. The molecule has 0 bridgehead atoms. The standard InChI is InChI=1S/C17H16ClN5O4S/c18-10-3-1-2-4-11(10)20-13(24)7-12-16(27)19-5-6-23(12)8-9-14(25)21-17(28)22-15(9)26/h1-4,8,12H,5-7H2,(H,19,27)(H,20,24)(H2,21,22,25,26,28). The maximum Gasteiger partial charge on any atom is 0.264 e. The Balaban J connectivity index is 1.76. The first-order valence-electron chi connectivity index (χ1n) is 8.31. The van der Waals surface area contributed by atoms with Crippen molar-refractivity contribution in [2.24, 2.45) is 0 Å². The number of nitrogens with zero attached hydrogens (tertiary/aromatic N) is 1. The van der Waals surface area contributed by atoms with E-state index in [1.165, 1.54) is 11.1 Å². The molecular formula is C17H16ClN5O4S. The van der Waals surface area contributed by atoms with Gasteiger partial charge in [-0.1, -0.05) is 23.7 Å². The molecule has 3 rings (SSSR count). The Kier molecular flexibility index (Phi) is 5.90. The summed E-state index contributed by atoms with van der Waals surface area (Å²) in [4.78, 5) is 50.3. The van der Waals surface area contributed by atoms with Crippen LogP contribution in [-0.4, -0.2) is 52.8 Å². The summed E-state index contributed by atoms with van der Waals surface area (Å²) in [6, 6.07) is 5.83. The molecule has 0 saturated carbocycles. The monoisotopic (exact) mass is 421 g/mol. The van der Waals surface area contributed by atoms with Crippen LogP contribution in [0.5, 0.6) is 0 Å². The van der Waals surface area contributed by atoms with Crippen LogP contribution in [0.2, 0.25) is 5.02 Å². The maximum absolute atomic E-state index is 12.4. The molecule has 0 radical (unpaired) electrons. The number of halogens is 1. The number of thiocarbonyl (C=S) groups is 1. The third-order valence-electron chi connectivity index (χ3n) is 4.14. The maximum atomic E-state index is 12.4. The SMILES string of the molecule is O=C(CC1C(=O)NCCN1C=C1C(=O)NC(=S)NC1=O)Nc1ccccc1Cl. The summed E-state index contributed by atoms with van der Waals surface area (Å²) in [7, 11) is 0. The zero-order chi connectivity index (χ0) is 20.3. The summed E-state index contributed by atoms with van der Waals surface area (Å²) in [5.74, 6) is -2.15. The molecule has 4 amide bonds. The van der Waals surface area contributed by atoms with Crippen LogP contribution in [-0.2, 0) is 19.2 Å². The molecule has 11 heteroatoms. The summed E-state index contributed by atoms with van der Waals surface area (Å²) >= 11 is 10.8. The average Bonchev–Trinajstić information content (AvgIpc) is 2.62. The van der Waals surface area contributed by atoms with E-state index >= 15 is 0 Å². The Morgan fingerprint density at radius 3 is 2.61 bits per heavy atom. The number of hydrogen-bond acceptors (Lipinski definition) is 6.